The second-order valence-electron chi connectivity index (χ2n) is 2.72. The lowest BCUT2D eigenvalue weighted by atomic mass is 10.1. The predicted molar refractivity (Wildman–Crippen MR) is 66.9 cm³/mol. The van der Waals surface area contributed by atoms with E-state index in [1.54, 1.807) is 11.8 Å². The van der Waals surface area contributed by atoms with Crippen molar-refractivity contribution in [2.75, 3.05) is 5.75 Å². The fourth-order valence-corrected chi connectivity index (χ4v) is 2.87. The standard InChI is InChI=1S/C10H11IO2S/c1-2-14-9-5-3-4-8(11)7(9)6-10(12)13/h3-5H,2,6H2,1H3,(H,12,13). The van der Waals surface area contributed by atoms with Crippen LogP contribution in [0.2, 0.25) is 0 Å². The summed E-state index contributed by atoms with van der Waals surface area (Å²) in [5, 5.41) is 8.77. The number of hydrogen-bond donors (Lipinski definition) is 1. The van der Waals surface area contributed by atoms with Gasteiger partial charge in [-0.05, 0) is 46.0 Å². The van der Waals surface area contributed by atoms with E-state index in [-0.39, 0.29) is 6.42 Å². The summed E-state index contributed by atoms with van der Waals surface area (Å²) in [6, 6.07) is 5.89. The van der Waals surface area contributed by atoms with E-state index in [1.807, 2.05) is 18.2 Å². The number of carboxylic acids is 1. The highest BCUT2D eigenvalue weighted by Crippen LogP contribution is 2.26. The fourth-order valence-electron chi connectivity index (χ4n) is 1.15. The summed E-state index contributed by atoms with van der Waals surface area (Å²) < 4.78 is 1.03. The summed E-state index contributed by atoms with van der Waals surface area (Å²) in [5.74, 6) is 0.194. The number of carbonyl (C=O) groups is 1. The topological polar surface area (TPSA) is 37.3 Å². The number of hydrogen-bond acceptors (Lipinski definition) is 2. The average Bonchev–Trinajstić information content (AvgIpc) is 2.11. The van der Waals surface area contributed by atoms with Crippen molar-refractivity contribution in [2.24, 2.45) is 0 Å². The van der Waals surface area contributed by atoms with E-state index in [2.05, 4.69) is 29.5 Å². The number of carboxylic acid groups (broad SMARTS) is 1. The van der Waals surface area contributed by atoms with Crippen molar-refractivity contribution in [1.29, 1.82) is 0 Å². The van der Waals surface area contributed by atoms with E-state index in [0.717, 1.165) is 19.8 Å². The predicted octanol–water partition coefficient (Wildman–Crippen LogP) is 3.03. The van der Waals surface area contributed by atoms with Gasteiger partial charge in [0.2, 0.25) is 0 Å². The van der Waals surface area contributed by atoms with Crippen LogP contribution in [-0.4, -0.2) is 16.8 Å². The van der Waals surface area contributed by atoms with Crippen molar-refractivity contribution < 1.29 is 9.90 Å². The highest BCUT2D eigenvalue weighted by molar-refractivity contribution is 14.1. The molecule has 1 aromatic rings. The molecule has 0 bridgehead atoms. The molecule has 0 amide bonds. The summed E-state index contributed by atoms with van der Waals surface area (Å²) in [4.78, 5) is 11.7. The van der Waals surface area contributed by atoms with Crippen molar-refractivity contribution in [3.8, 4) is 0 Å². The van der Waals surface area contributed by atoms with E-state index in [9.17, 15) is 4.79 Å². The molecule has 0 aliphatic carbocycles. The van der Waals surface area contributed by atoms with Crippen molar-refractivity contribution in [2.45, 2.75) is 18.2 Å². The summed E-state index contributed by atoms with van der Waals surface area (Å²) in [7, 11) is 0. The van der Waals surface area contributed by atoms with Gasteiger partial charge in [-0.15, -0.1) is 11.8 Å². The third-order valence-corrected chi connectivity index (χ3v) is 3.70. The van der Waals surface area contributed by atoms with E-state index in [0.29, 0.717) is 0 Å². The molecule has 1 rings (SSSR count). The largest absolute Gasteiger partial charge is 0.481 e. The Bertz CT molecular complexity index is 339. The normalized spacial score (nSPS) is 10.1. The lowest BCUT2D eigenvalue weighted by molar-refractivity contribution is -0.136. The summed E-state index contributed by atoms with van der Waals surface area (Å²) in [5.41, 5.74) is 0.937. The maximum absolute atomic E-state index is 10.7. The molecule has 0 radical (unpaired) electrons. The molecule has 0 fully saturated rings. The zero-order valence-corrected chi connectivity index (χ0v) is 10.8. The third-order valence-electron chi connectivity index (χ3n) is 1.70. The molecule has 0 aliphatic rings. The number of aliphatic carboxylic acids is 1. The number of halogens is 1. The monoisotopic (exact) mass is 322 g/mol. The maximum Gasteiger partial charge on any atom is 0.307 e. The van der Waals surface area contributed by atoms with Crippen LogP contribution in [0.15, 0.2) is 23.1 Å². The molecule has 0 heterocycles. The second-order valence-corrected chi connectivity index (χ2v) is 5.19. The third kappa shape index (κ3) is 3.16. The van der Waals surface area contributed by atoms with Gasteiger partial charge >= 0.3 is 5.97 Å². The molecule has 2 nitrogen and oxygen atoms in total. The van der Waals surface area contributed by atoms with Crippen LogP contribution in [0, 0.1) is 3.57 Å². The van der Waals surface area contributed by atoms with Gasteiger partial charge < -0.3 is 5.11 Å². The first kappa shape index (κ1) is 11.8. The molecule has 0 aromatic heterocycles. The van der Waals surface area contributed by atoms with Gasteiger partial charge in [-0.1, -0.05) is 13.0 Å². The summed E-state index contributed by atoms with van der Waals surface area (Å²) >= 11 is 3.87. The highest BCUT2D eigenvalue weighted by Gasteiger charge is 2.09. The second kappa shape index (κ2) is 5.60. The van der Waals surface area contributed by atoms with Crippen molar-refractivity contribution in [3.05, 3.63) is 27.3 Å². The Morgan fingerprint density at radius 2 is 2.29 bits per heavy atom. The molecule has 76 valence electrons. The summed E-state index contributed by atoms with van der Waals surface area (Å²) in [6.07, 6.45) is 0.113. The molecule has 0 spiro atoms. The Labute approximate surface area is 101 Å². The molecule has 14 heavy (non-hydrogen) atoms. The van der Waals surface area contributed by atoms with Crippen LogP contribution < -0.4 is 0 Å². The number of thioether (sulfide) groups is 1. The van der Waals surface area contributed by atoms with Crippen LogP contribution >= 0.6 is 34.4 Å². The molecular weight excluding hydrogens is 311 g/mol. The highest BCUT2D eigenvalue weighted by atomic mass is 127. The van der Waals surface area contributed by atoms with Gasteiger partial charge in [-0.25, -0.2) is 0 Å². The average molecular weight is 322 g/mol. The Morgan fingerprint density at radius 1 is 1.57 bits per heavy atom. The zero-order valence-electron chi connectivity index (χ0n) is 7.79. The smallest absolute Gasteiger partial charge is 0.307 e. The first-order valence-corrected chi connectivity index (χ1v) is 6.33. The molecule has 1 N–H and O–H groups in total. The number of rotatable bonds is 4. The van der Waals surface area contributed by atoms with Crippen LogP contribution in [0.4, 0.5) is 0 Å². The van der Waals surface area contributed by atoms with Gasteiger partial charge in [-0.3, -0.25) is 4.79 Å². The molecular formula is C10H11IO2S. The Balaban J connectivity index is 3.02. The van der Waals surface area contributed by atoms with Gasteiger partial charge in [0.25, 0.3) is 0 Å². The molecule has 4 heteroatoms. The first-order chi connectivity index (χ1) is 6.65. The van der Waals surface area contributed by atoms with Crippen LogP contribution in [0.5, 0.6) is 0 Å². The Hall–Kier alpha value is -0.230. The first-order valence-electron chi connectivity index (χ1n) is 4.27. The van der Waals surface area contributed by atoms with Gasteiger partial charge in [0.1, 0.15) is 0 Å². The van der Waals surface area contributed by atoms with Crippen molar-refractivity contribution in [1.82, 2.24) is 0 Å². The van der Waals surface area contributed by atoms with E-state index < -0.39 is 5.97 Å². The quantitative estimate of drug-likeness (QED) is 0.684. The van der Waals surface area contributed by atoms with Crippen LogP contribution in [0.3, 0.4) is 0 Å². The minimum atomic E-state index is -0.771. The number of benzene rings is 1. The zero-order chi connectivity index (χ0) is 10.6. The van der Waals surface area contributed by atoms with Crippen LogP contribution in [-0.2, 0) is 11.2 Å². The molecule has 1 aromatic carbocycles. The molecule has 0 saturated heterocycles. The minimum Gasteiger partial charge on any atom is -0.481 e. The van der Waals surface area contributed by atoms with Crippen molar-refractivity contribution >= 4 is 40.3 Å². The van der Waals surface area contributed by atoms with E-state index in [1.165, 1.54) is 0 Å². The van der Waals surface area contributed by atoms with Crippen LogP contribution in [0.25, 0.3) is 0 Å². The molecule has 0 unspecified atom stereocenters. The van der Waals surface area contributed by atoms with Crippen molar-refractivity contribution in [3.63, 3.8) is 0 Å². The molecule has 0 saturated carbocycles. The lowest BCUT2D eigenvalue weighted by Crippen LogP contribution is -2.03. The maximum atomic E-state index is 10.7. The molecule has 0 atom stereocenters. The van der Waals surface area contributed by atoms with Gasteiger partial charge in [0, 0.05) is 8.47 Å². The van der Waals surface area contributed by atoms with Gasteiger partial charge in [0.05, 0.1) is 6.42 Å². The van der Waals surface area contributed by atoms with Gasteiger partial charge in [-0.2, -0.15) is 0 Å². The lowest BCUT2D eigenvalue weighted by Gasteiger charge is -2.07. The van der Waals surface area contributed by atoms with Crippen LogP contribution in [0.1, 0.15) is 12.5 Å². The summed E-state index contributed by atoms with van der Waals surface area (Å²) in [6.45, 7) is 2.06. The Kier molecular flexibility index (Phi) is 4.74. The Morgan fingerprint density at radius 3 is 2.86 bits per heavy atom. The SMILES string of the molecule is CCSc1cccc(I)c1CC(=O)O. The van der Waals surface area contributed by atoms with E-state index >= 15 is 0 Å². The minimum absolute atomic E-state index is 0.113. The van der Waals surface area contributed by atoms with Gasteiger partial charge in [0.15, 0.2) is 0 Å². The fraction of sp³-hybridized carbons (Fsp3) is 0.300. The van der Waals surface area contributed by atoms with E-state index in [4.69, 9.17) is 5.11 Å². The molecule has 0 aliphatic heterocycles.